The number of nitrogens with one attached hydrogen (secondary N) is 1. The first-order valence-corrected chi connectivity index (χ1v) is 10.4. The highest BCUT2D eigenvalue weighted by Crippen LogP contribution is 2.51. The predicted octanol–water partition coefficient (Wildman–Crippen LogP) is 4.05. The molecule has 6 nitrogen and oxygen atoms in total. The number of anilines is 1. The molecule has 2 aromatic carbocycles. The van der Waals surface area contributed by atoms with Gasteiger partial charge in [0.15, 0.2) is 5.75 Å². The molecule has 9 heteroatoms. The maximum Gasteiger partial charge on any atom is 0.387 e. The number of carboxylic acids is 1. The van der Waals surface area contributed by atoms with Gasteiger partial charge in [0.25, 0.3) is 0 Å². The number of carboxylic acid groups (broad SMARTS) is 1. The monoisotopic (exact) mass is 446 g/mol. The summed E-state index contributed by atoms with van der Waals surface area (Å²) < 4.78 is 46.1. The van der Waals surface area contributed by atoms with Gasteiger partial charge in [-0.15, -0.1) is 0 Å². The summed E-state index contributed by atoms with van der Waals surface area (Å²) in [5.41, 5.74) is 2.42. The van der Waals surface area contributed by atoms with Gasteiger partial charge in [0.2, 0.25) is 0 Å². The van der Waals surface area contributed by atoms with Crippen LogP contribution >= 0.6 is 0 Å². The molecule has 3 N–H and O–H groups in total. The Morgan fingerprint density at radius 3 is 2.62 bits per heavy atom. The largest absolute Gasteiger partial charge is 0.478 e. The van der Waals surface area contributed by atoms with Crippen LogP contribution < -0.4 is 15.0 Å². The average molecular weight is 446 g/mol. The smallest absolute Gasteiger partial charge is 0.387 e. The number of hydrogen-bond acceptors (Lipinski definition) is 5. The quantitative estimate of drug-likeness (QED) is 0.643. The van der Waals surface area contributed by atoms with Crippen molar-refractivity contribution in [3.63, 3.8) is 0 Å². The summed E-state index contributed by atoms with van der Waals surface area (Å²) in [6, 6.07) is 8.06. The fourth-order valence-corrected chi connectivity index (χ4v) is 4.45. The second-order valence-corrected chi connectivity index (χ2v) is 8.20. The highest BCUT2D eigenvalue weighted by molar-refractivity contribution is 5.93. The zero-order valence-electron chi connectivity index (χ0n) is 16.9. The number of hydrogen-bond donors (Lipinski definition) is 3. The average Bonchev–Trinajstić information content (AvgIpc) is 3.59. The molecule has 168 valence electrons. The number of benzene rings is 2. The van der Waals surface area contributed by atoms with Crippen LogP contribution in [0.5, 0.6) is 5.75 Å². The normalized spacial score (nSPS) is 22.3. The van der Waals surface area contributed by atoms with E-state index < -0.39 is 24.9 Å². The van der Waals surface area contributed by atoms with Crippen LogP contribution in [0, 0.1) is 0 Å². The molecular formula is C23H21F3N2O4. The van der Waals surface area contributed by atoms with Gasteiger partial charge in [-0.05, 0) is 35.6 Å². The molecule has 32 heavy (non-hydrogen) atoms. The van der Waals surface area contributed by atoms with Crippen molar-refractivity contribution in [2.24, 2.45) is 0 Å². The molecule has 0 amide bonds. The molecule has 1 fully saturated rings. The number of halogens is 3. The summed E-state index contributed by atoms with van der Waals surface area (Å²) in [6.45, 7) is -2.45. The molecule has 2 unspecified atom stereocenters. The molecule has 5 rings (SSSR count). The first-order chi connectivity index (χ1) is 15.3. The van der Waals surface area contributed by atoms with E-state index in [1.54, 1.807) is 23.1 Å². The third kappa shape index (κ3) is 3.51. The summed E-state index contributed by atoms with van der Waals surface area (Å²) in [6.07, 6.45) is 0.207. The van der Waals surface area contributed by atoms with Crippen LogP contribution in [0.4, 0.5) is 18.9 Å². The summed E-state index contributed by atoms with van der Waals surface area (Å²) >= 11 is 0. The lowest BCUT2D eigenvalue weighted by molar-refractivity contribution is -0.133. The zero-order valence-corrected chi connectivity index (χ0v) is 16.9. The minimum Gasteiger partial charge on any atom is -0.478 e. The third-order valence-electron chi connectivity index (χ3n) is 6.11. The lowest BCUT2D eigenvalue weighted by Crippen LogP contribution is -2.30. The molecule has 0 bridgehead atoms. The number of carbonyl (C=O) groups is 1. The lowest BCUT2D eigenvalue weighted by Gasteiger charge is -2.33. The predicted molar refractivity (Wildman–Crippen MR) is 110 cm³/mol. The van der Waals surface area contributed by atoms with Gasteiger partial charge in [-0.1, -0.05) is 24.3 Å². The second kappa shape index (κ2) is 7.83. The number of rotatable bonds is 5. The maximum atomic E-state index is 14.2. The van der Waals surface area contributed by atoms with Gasteiger partial charge in [0.05, 0.1) is 11.3 Å². The topological polar surface area (TPSA) is 82.0 Å². The van der Waals surface area contributed by atoms with Crippen molar-refractivity contribution >= 4 is 11.7 Å². The standard InChI is InChI=1S/C23H21F3N2O4/c24-18-9-27-8-12-7-11(1-4-14(12)18)15-5-6-16-19(21(15)32-23(25)26)28(13-2-3-13)10-17(20(16)29)22(30)31/h1,4-7,10,13,18,20,23,27,29H,2-3,8-9H2,(H,30,31). The van der Waals surface area contributed by atoms with E-state index in [1.807, 2.05) is 0 Å². The summed E-state index contributed by atoms with van der Waals surface area (Å²) in [4.78, 5) is 13.2. The molecule has 0 radical (unpaired) electrons. The molecule has 0 aromatic heterocycles. The van der Waals surface area contributed by atoms with Gasteiger partial charge < -0.3 is 25.2 Å². The summed E-state index contributed by atoms with van der Waals surface area (Å²) in [5.74, 6) is -1.41. The van der Waals surface area contributed by atoms with Crippen LogP contribution in [-0.4, -0.2) is 35.4 Å². The maximum absolute atomic E-state index is 14.2. The van der Waals surface area contributed by atoms with Gasteiger partial charge in [-0.3, -0.25) is 0 Å². The molecule has 2 atom stereocenters. The number of alkyl halides is 3. The SMILES string of the molecule is O=C(O)C1=CN(C2CC2)c2c(ccc(-c3ccc4c(c3)CNCC4F)c2OC(F)F)C1O. The molecule has 1 saturated carbocycles. The van der Waals surface area contributed by atoms with E-state index >= 15 is 0 Å². The number of ether oxygens (including phenoxy) is 1. The highest BCUT2D eigenvalue weighted by atomic mass is 19.3. The number of aliphatic hydroxyl groups is 1. The Morgan fingerprint density at radius 2 is 1.94 bits per heavy atom. The van der Waals surface area contributed by atoms with Gasteiger partial charge in [-0.25, -0.2) is 9.18 Å². The van der Waals surface area contributed by atoms with Gasteiger partial charge in [-0.2, -0.15) is 8.78 Å². The van der Waals surface area contributed by atoms with Crippen molar-refractivity contribution in [1.82, 2.24) is 5.32 Å². The van der Waals surface area contributed by atoms with E-state index in [9.17, 15) is 28.2 Å². The van der Waals surface area contributed by atoms with Crippen molar-refractivity contribution in [2.45, 2.75) is 44.3 Å². The van der Waals surface area contributed by atoms with Crippen LogP contribution in [0.1, 0.15) is 41.8 Å². The van der Waals surface area contributed by atoms with Crippen LogP contribution in [0.2, 0.25) is 0 Å². The molecule has 2 heterocycles. The van der Waals surface area contributed by atoms with Crippen molar-refractivity contribution in [1.29, 1.82) is 0 Å². The molecule has 0 spiro atoms. The first-order valence-electron chi connectivity index (χ1n) is 10.4. The Bertz CT molecular complexity index is 1120. The number of aliphatic carboxylic acids is 1. The molecule has 2 aliphatic heterocycles. The van der Waals surface area contributed by atoms with Crippen molar-refractivity contribution in [3.05, 3.63) is 58.8 Å². The second-order valence-electron chi connectivity index (χ2n) is 8.20. The molecule has 1 aliphatic carbocycles. The Hall–Kier alpha value is -3.04. The Kier molecular flexibility index (Phi) is 5.10. The number of aliphatic hydroxyl groups excluding tert-OH is 1. The van der Waals surface area contributed by atoms with E-state index in [-0.39, 0.29) is 35.2 Å². The molecular weight excluding hydrogens is 425 g/mol. The fourth-order valence-electron chi connectivity index (χ4n) is 4.45. The Morgan fingerprint density at radius 1 is 1.19 bits per heavy atom. The van der Waals surface area contributed by atoms with Gasteiger partial charge in [0.1, 0.15) is 12.3 Å². The van der Waals surface area contributed by atoms with Gasteiger partial charge in [0, 0.05) is 36.5 Å². The molecule has 2 aromatic rings. The van der Waals surface area contributed by atoms with Crippen molar-refractivity contribution in [2.75, 3.05) is 11.4 Å². The van der Waals surface area contributed by atoms with Crippen LogP contribution in [-0.2, 0) is 11.3 Å². The van der Waals surface area contributed by atoms with E-state index in [0.717, 1.165) is 18.4 Å². The first kappa shape index (κ1) is 20.8. The Labute approximate surface area is 181 Å². The van der Waals surface area contributed by atoms with E-state index in [0.29, 0.717) is 23.2 Å². The van der Waals surface area contributed by atoms with E-state index in [1.165, 1.54) is 18.3 Å². The number of nitrogens with zero attached hydrogens (tertiary/aromatic N) is 1. The zero-order chi connectivity index (χ0) is 22.6. The van der Waals surface area contributed by atoms with E-state index in [4.69, 9.17) is 4.74 Å². The van der Waals surface area contributed by atoms with Crippen molar-refractivity contribution in [3.8, 4) is 16.9 Å². The van der Waals surface area contributed by atoms with E-state index in [2.05, 4.69) is 5.32 Å². The minimum absolute atomic E-state index is 0.0640. The van der Waals surface area contributed by atoms with Crippen LogP contribution in [0.3, 0.4) is 0 Å². The summed E-state index contributed by atoms with van der Waals surface area (Å²) in [5, 5.41) is 23.1. The summed E-state index contributed by atoms with van der Waals surface area (Å²) in [7, 11) is 0. The fraction of sp³-hybridized carbons (Fsp3) is 0.348. The number of fused-ring (bicyclic) bond motifs is 2. The highest BCUT2D eigenvalue weighted by Gasteiger charge is 2.40. The third-order valence-corrected chi connectivity index (χ3v) is 6.11. The lowest BCUT2D eigenvalue weighted by atomic mass is 9.90. The van der Waals surface area contributed by atoms with Crippen molar-refractivity contribution < 1.29 is 32.9 Å². The molecule has 0 saturated heterocycles. The molecule has 3 aliphatic rings. The Balaban J connectivity index is 1.69. The van der Waals surface area contributed by atoms with Gasteiger partial charge >= 0.3 is 12.6 Å². The minimum atomic E-state index is -3.13. The van der Waals surface area contributed by atoms with Crippen LogP contribution in [0.25, 0.3) is 11.1 Å². The van der Waals surface area contributed by atoms with Crippen LogP contribution in [0.15, 0.2) is 42.1 Å².